The Hall–Kier alpha value is -5.52. The van der Waals surface area contributed by atoms with Gasteiger partial charge in [-0.05, 0) is 75.2 Å². The van der Waals surface area contributed by atoms with Crippen LogP contribution >= 0.6 is 0 Å². The smallest absolute Gasteiger partial charge is 0.269 e. The summed E-state index contributed by atoms with van der Waals surface area (Å²) >= 11 is 0. The van der Waals surface area contributed by atoms with Gasteiger partial charge in [-0.25, -0.2) is 0 Å². The molecule has 0 fully saturated rings. The average Bonchev–Trinajstić information content (AvgIpc) is 2.99. The van der Waals surface area contributed by atoms with E-state index in [0.717, 1.165) is 22.3 Å². The summed E-state index contributed by atoms with van der Waals surface area (Å²) in [6, 6.07) is 16.7. The van der Waals surface area contributed by atoms with E-state index in [1.807, 2.05) is 52.0 Å². The van der Waals surface area contributed by atoms with Crippen LogP contribution in [-0.2, 0) is 19.2 Å². The number of hydrogen-bond acceptors (Lipinski definition) is 6. The van der Waals surface area contributed by atoms with E-state index in [0.29, 0.717) is 11.4 Å². The molecular weight excluding hydrogens is 564 g/mol. The zero-order valence-electron chi connectivity index (χ0n) is 25.1. The summed E-state index contributed by atoms with van der Waals surface area (Å²) in [7, 11) is 0. The minimum atomic E-state index is -0.627. The monoisotopic (exact) mass is 600 g/mol. The number of carbonyl (C=O) groups is 6. The molecule has 0 unspecified atom stereocenters. The van der Waals surface area contributed by atoms with E-state index in [4.69, 9.17) is 0 Å². The van der Waals surface area contributed by atoms with E-state index in [-0.39, 0.29) is 48.6 Å². The zero-order chi connectivity index (χ0) is 32.2. The van der Waals surface area contributed by atoms with Gasteiger partial charge in [-0.3, -0.25) is 50.5 Å². The van der Waals surface area contributed by atoms with E-state index in [1.165, 1.54) is 24.3 Å². The van der Waals surface area contributed by atoms with Crippen molar-refractivity contribution in [3.05, 3.63) is 94.0 Å². The molecule has 12 heteroatoms. The van der Waals surface area contributed by atoms with E-state index in [9.17, 15) is 28.8 Å². The summed E-state index contributed by atoms with van der Waals surface area (Å²) in [6.45, 7) is 7.65. The van der Waals surface area contributed by atoms with Crippen LogP contribution in [0.3, 0.4) is 0 Å². The molecule has 0 aliphatic carbocycles. The number of anilines is 2. The highest BCUT2D eigenvalue weighted by Gasteiger charge is 2.13. The third-order valence-corrected chi connectivity index (χ3v) is 6.51. The van der Waals surface area contributed by atoms with Gasteiger partial charge in [-0.1, -0.05) is 35.4 Å². The second-order valence-electron chi connectivity index (χ2n) is 10.3. The number of amides is 6. The second kappa shape index (κ2) is 15.6. The lowest BCUT2D eigenvalue weighted by Gasteiger charge is -2.11. The SMILES string of the molecule is Cc1ccc(NC(=O)CCC(=O)NNC(=O)c2ccc(C(=O)NNC(=O)CCC(=O)Nc3ccc(C)cc3C)cc2)c(C)c1. The lowest BCUT2D eigenvalue weighted by molar-refractivity contribution is -0.125. The largest absolute Gasteiger partial charge is 0.326 e. The van der Waals surface area contributed by atoms with Gasteiger partial charge >= 0.3 is 0 Å². The van der Waals surface area contributed by atoms with Crippen LogP contribution in [0.4, 0.5) is 11.4 Å². The average molecular weight is 601 g/mol. The molecule has 230 valence electrons. The second-order valence-corrected chi connectivity index (χ2v) is 10.3. The first kappa shape index (κ1) is 33.0. The summed E-state index contributed by atoms with van der Waals surface area (Å²) in [4.78, 5) is 73.3. The Morgan fingerprint density at radius 2 is 0.795 bits per heavy atom. The fourth-order valence-corrected chi connectivity index (χ4v) is 4.08. The highest BCUT2D eigenvalue weighted by molar-refractivity contribution is 5.99. The van der Waals surface area contributed by atoms with Gasteiger partial charge in [0.15, 0.2) is 0 Å². The van der Waals surface area contributed by atoms with Gasteiger partial charge in [-0.15, -0.1) is 0 Å². The van der Waals surface area contributed by atoms with E-state index >= 15 is 0 Å². The number of nitrogens with one attached hydrogen (secondary N) is 6. The van der Waals surface area contributed by atoms with Crippen LogP contribution in [-0.4, -0.2) is 35.4 Å². The van der Waals surface area contributed by atoms with Crippen LogP contribution in [0.5, 0.6) is 0 Å². The summed E-state index contributed by atoms with van der Waals surface area (Å²) < 4.78 is 0. The lowest BCUT2D eigenvalue weighted by Crippen LogP contribution is -2.42. The molecule has 0 saturated carbocycles. The van der Waals surface area contributed by atoms with Crippen molar-refractivity contribution >= 4 is 46.8 Å². The first-order valence-electron chi connectivity index (χ1n) is 13.9. The Morgan fingerprint density at radius 3 is 1.14 bits per heavy atom. The van der Waals surface area contributed by atoms with Crippen LogP contribution in [0.1, 0.15) is 68.7 Å². The molecular formula is C32H36N6O6. The molecule has 0 aliphatic rings. The number of benzene rings is 3. The Morgan fingerprint density at radius 1 is 0.455 bits per heavy atom. The maximum absolute atomic E-state index is 12.4. The molecule has 0 aliphatic heterocycles. The first-order chi connectivity index (χ1) is 20.9. The third kappa shape index (κ3) is 10.4. The molecule has 0 saturated heterocycles. The normalized spacial score (nSPS) is 10.3. The maximum atomic E-state index is 12.4. The Balaban J connectivity index is 1.35. The molecule has 6 N–H and O–H groups in total. The van der Waals surface area contributed by atoms with Gasteiger partial charge in [0.05, 0.1) is 0 Å². The van der Waals surface area contributed by atoms with Crippen LogP contribution in [0.15, 0.2) is 60.7 Å². The standard InChI is InChI=1S/C32H36N6O6/c1-19-5-11-25(21(3)17-19)33-27(39)13-15-29(41)35-37-31(43)23-7-9-24(10-8-23)32(44)38-36-30(42)16-14-28(40)34-26-12-6-20(2)18-22(26)4/h5-12,17-18H,13-16H2,1-4H3,(H,33,39)(H,34,40)(H,35,41)(H,36,42)(H,37,43)(H,38,44). The van der Waals surface area contributed by atoms with Crippen molar-refractivity contribution in [1.82, 2.24) is 21.7 Å². The predicted molar refractivity (Wildman–Crippen MR) is 165 cm³/mol. The quantitative estimate of drug-likeness (QED) is 0.195. The van der Waals surface area contributed by atoms with Crippen molar-refractivity contribution in [2.45, 2.75) is 53.4 Å². The van der Waals surface area contributed by atoms with Gasteiger partial charge < -0.3 is 10.6 Å². The Kier molecular flexibility index (Phi) is 11.7. The zero-order valence-corrected chi connectivity index (χ0v) is 25.1. The molecule has 3 aromatic carbocycles. The van der Waals surface area contributed by atoms with Crippen LogP contribution in [0, 0.1) is 27.7 Å². The van der Waals surface area contributed by atoms with Crippen molar-refractivity contribution < 1.29 is 28.8 Å². The summed E-state index contributed by atoms with van der Waals surface area (Å²) in [6.07, 6.45) is -0.427. The predicted octanol–water partition coefficient (Wildman–Crippen LogP) is 3.28. The van der Waals surface area contributed by atoms with Gasteiger partial charge in [0.1, 0.15) is 0 Å². The van der Waals surface area contributed by atoms with Crippen molar-refractivity contribution in [1.29, 1.82) is 0 Å². The highest BCUT2D eigenvalue weighted by Crippen LogP contribution is 2.17. The highest BCUT2D eigenvalue weighted by atomic mass is 16.2. The molecule has 6 amide bonds. The topological polar surface area (TPSA) is 175 Å². The minimum absolute atomic E-state index is 0.0737. The van der Waals surface area contributed by atoms with Gasteiger partial charge in [-0.2, -0.15) is 0 Å². The summed E-state index contributed by atoms with van der Waals surface area (Å²) in [5, 5.41) is 5.51. The number of aryl methyl sites for hydroxylation is 4. The van der Waals surface area contributed by atoms with Crippen molar-refractivity contribution in [3.63, 3.8) is 0 Å². The van der Waals surface area contributed by atoms with Crippen LogP contribution in [0.2, 0.25) is 0 Å². The fraction of sp³-hybridized carbons (Fsp3) is 0.250. The van der Waals surface area contributed by atoms with Gasteiger partial charge in [0, 0.05) is 48.2 Å². The van der Waals surface area contributed by atoms with E-state index < -0.39 is 23.6 Å². The van der Waals surface area contributed by atoms with Crippen LogP contribution in [0.25, 0.3) is 0 Å². The van der Waals surface area contributed by atoms with Gasteiger partial charge in [0.2, 0.25) is 23.6 Å². The number of rotatable bonds is 10. The first-order valence-corrected chi connectivity index (χ1v) is 13.9. The molecule has 44 heavy (non-hydrogen) atoms. The lowest BCUT2D eigenvalue weighted by atomic mass is 10.1. The molecule has 0 spiro atoms. The molecule has 0 heterocycles. The molecule has 12 nitrogen and oxygen atoms in total. The van der Waals surface area contributed by atoms with Crippen LogP contribution < -0.4 is 32.3 Å². The molecule has 0 bridgehead atoms. The molecule has 3 rings (SSSR count). The Labute approximate surface area is 255 Å². The molecule has 3 aromatic rings. The minimum Gasteiger partial charge on any atom is -0.326 e. The van der Waals surface area contributed by atoms with Crippen molar-refractivity contribution in [2.75, 3.05) is 10.6 Å². The number of carbonyl (C=O) groups excluding carboxylic acids is 6. The maximum Gasteiger partial charge on any atom is 0.269 e. The number of hydrazine groups is 2. The third-order valence-electron chi connectivity index (χ3n) is 6.51. The van der Waals surface area contributed by atoms with Crippen molar-refractivity contribution in [2.24, 2.45) is 0 Å². The molecule has 0 atom stereocenters. The molecule has 0 aromatic heterocycles. The fourth-order valence-electron chi connectivity index (χ4n) is 4.08. The Bertz CT molecular complexity index is 1450. The van der Waals surface area contributed by atoms with Crippen molar-refractivity contribution in [3.8, 4) is 0 Å². The van der Waals surface area contributed by atoms with E-state index in [1.54, 1.807) is 12.1 Å². The molecule has 0 radical (unpaired) electrons. The number of hydrogen-bond donors (Lipinski definition) is 6. The van der Waals surface area contributed by atoms with Gasteiger partial charge in [0.25, 0.3) is 11.8 Å². The summed E-state index contributed by atoms with van der Waals surface area (Å²) in [5.41, 5.74) is 14.6. The van der Waals surface area contributed by atoms with E-state index in [2.05, 4.69) is 32.3 Å². The summed E-state index contributed by atoms with van der Waals surface area (Å²) in [5.74, 6) is -3.02.